The lowest BCUT2D eigenvalue weighted by Crippen LogP contribution is -2.05. The van der Waals surface area contributed by atoms with Gasteiger partial charge in [-0.1, -0.05) is 18.5 Å². The maximum atomic E-state index is 5.97. The highest BCUT2D eigenvalue weighted by atomic mass is 35.5. The van der Waals surface area contributed by atoms with Crippen LogP contribution in [0.2, 0.25) is 4.34 Å². The molecule has 0 spiro atoms. The number of hydrogen-bond acceptors (Lipinski definition) is 4. The highest BCUT2D eigenvalue weighted by Crippen LogP contribution is 2.28. The van der Waals surface area contributed by atoms with Gasteiger partial charge in [-0.2, -0.15) is 0 Å². The first-order valence-corrected chi connectivity index (χ1v) is 7.81. The normalized spacial score (nSPS) is 12.8. The maximum Gasteiger partial charge on any atom is 0.195 e. The Morgan fingerprint density at radius 2 is 2.25 bits per heavy atom. The van der Waals surface area contributed by atoms with Crippen LogP contribution in [0, 0.1) is 0 Å². The Morgan fingerprint density at radius 3 is 2.95 bits per heavy atom. The lowest BCUT2D eigenvalue weighted by Gasteiger charge is -2.13. The van der Waals surface area contributed by atoms with Crippen LogP contribution < -0.4 is 5.32 Å². The van der Waals surface area contributed by atoms with Gasteiger partial charge in [0.05, 0.1) is 4.34 Å². The molecule has 3 rings (SSSR count). The molecule has 0 fully saturated rings. The van der Waals surface area contributed by atoms with Crippen molar-refractivity contribution in [2.75, 3.05) is 5.32 Å². The number of rotatable bonds is 4. The van der Waals surface area contributed by atoms with Crippen LogP contribution in [0.3, 0.4) is 0 Å². The van der Waals surface area contributed by atoms with E-state index in [1.165, 1.54) is 5.56 Å². The van der Waals surface area contributed by atoms with E-state index in [0.29, 0.717) is 0 Å². The van der Waals surface area contributed by atoms with Crippen molar-refractivity contribution in [3.63, 3.8) is 0 Å². The predicted molar refractivity (Wildman–Crippen MR) is 84.8 cm³/mol. The molecular formula is C15H15ClN2OS. The van der Waals surface area contributed by atoms with Crippen molar-refractivity contribution in [1.82, 2.24) is 4.98 Å². The highest BCUT2D eigenvalue weighted by molar-refractivity contribution is 7.14. The molecule has 5 heteroatoms. The fourth-order valence-corrected chi connectivity index (χ4v) is 3.08. The standard InChI is InChI=1S/C15H15ClN2OS/c1-3-15-18-12-7-11(4-5-13(12)19-15)17-9(2)10-6-14(16)20-8-10/h4-9,17H,3H2,1-2H3. The number of aromatic nitrogens is 1. The smallest absolute Gasteiger partial charge is 0.195 e. The van der Waals surface area contributed by atoms with Gasteiger partial charge in [0.1, 0.15) is 5.52 Å². The fraction of sp³-hybridized carbons (Fsp3) is 0.267. The van der Waals surface area contributed by atoms with Crippen molar-refractivity contribution < 1.29 is 4.42 Å². The SMILES string of the molecule is CCc1nc2cc(NC(C)c3csc(Cl)c3)ccc2o1. The Kier molecular flexibility index (Phi) is 3.68. The number of oxazole rings is 1. The van der Waals surface area contributed by atoms with Crippen LogP contribution in [0.25, 0.3) is 11.1 Å². The first kappa shape index (κ1) is 13.5. The molecule has 2 aromatic heterocycles. The zero-order chi connectivity index (χ0) is 14.1. The van der Waals surface area contributed by atoms with E-state index in [9.17, 15) is 0 Å². The highest BCUT2D eigenvalue weighted by Gasteiger charge is 2.09. The van der Waals surface area contributed by atoms with Gasteiger partial charge in [0.15, 0.2) is 11.5 Å². The van der Waals surface area contributed by atoms with Crippen molar-refractivity contribution in [1.29, 1.82) is 0 Å². The number of benzene rings is 1. The summed E-state index contributed by atoms with van der Waals surface area (Å²) in [6, 6.07) is 8.18. The summed E-state index contributed by atoms with van der Waals surface area (Å²) >= 11 is 7.52. The molecule has 0 aliphatic heterocycles. The molecule has 0 radical (unpaired) electrons. The minimum atomic E-state index is 0.203. The van der Waals surface area contributed by atoms with E-state index in [-0.39, 0.29) is 6.04 Å². The summed E-state index contributed by atoms with van der Waals surface area (Å²) in [5, 5.41) is 5.53. The zero-order valence-corrected chi connectivity index (χ0v) is 12.9. The summed E-state index contributed by atoms with van der Waals surface area (Å²) < 4.78 is 6.42. The summed E-state index contributed by atoms with van der Waals surface area (Å²) in [7, 11) is 0. The minimum Gasteiger partial charge on any atom is -0.441 e. The van der Waals surface area contributed by atoms with Gasteiger partial charge in [0.2, 0.25) is 0 Å². The molecule has 1 unspecified atom stereocenters. The molecule has 0 saturated heterocycles. The quantitative estimate of drug-likeness (QED) is 0.712. The van der Waals surface area contributed by atoms with Gasteiger partial charge in [0, 0.05) is 18.2 Å². The molecule has 104 valence electrons. The molecule has 3 nitrogen and oxygen atoms in total. The van der Waals surface area contributed by atoms with E-state index < -0.39 is 0 Å². The van der Waals surface area contributed by atoms with Gasteiger partial charge >= 0.3 is 0 Å². The molecule has 20 heavy (non-hydrogen) atoms. The van der Waals surface area contributed by atoms with Gasteiger partial charge in [-0.3, -0.25) is 0 Å². The number of thiophene rings is 1. The van der Waals surface area contributed by atoms with E-state index >= 15 is 0 Å². The molecule has 3 aromatic rings. The molecule has 1 atom stereocenters. The maximum absolute atomic E-state index is 5.97. The predicted octanol–water partition coefficient (Wildman–Crippen LogP) is 5.28. The number of hydrogen-bond donors (Lipinski definition) is 1. The first-order valence-electron chi connectivity index (χ1n) is 6.55. The molecule has 0 bridgehead atoms. The van der Waals surface area contributed by atoms with Crippen LogP contribution >= 0.6 is 22.9 Å². The van der Waals surface area contributed by atoms with Gasteiger partial charge in [-0.25, -0.2) is 4.98 Å². The zero-order valence-electron chi connectivity index (χ0n) is 11.3. The van der Waals surface area contributed by atoms with E-state index in [0.717, 1.165) is 33.4 Å². The van der Waals surface area contributed by atoms with Crippen LogP contribution in [0.1, 0.15) is 31.3 Å². The van der Waals surface area contributed by atoms with Crippen LogP contribution in [-0.4, -0.2) is 4.98 Å². The minimum absolute atomic E-state index is 0.203. The number of halogens is 1. The Hall–Kier alpha value is -1.52. The summed E-state index contributed by atoms with van der Waals surface area (Å²) in [6.07, 6.45) is 0.807. The van der Waals surface area contributed by atoms with Gasteiger partial charge in [0.25, 0.3) is 0 Å². The lowest BCUT2D eigenvalue weighted by molar-refractivity contribution is 0.538. The van der Waals surface area contributed by atoms with Crippen LogP contribution in [0.4, 0.5) is 5.69 Å². The average Bonchev–Trinajstić information content (AvgIpc) is 3.03. The Bertz CT molecular complexity index is 734. The van der Waals surface area contributed by atoms with Crippen LogP contribution in [0.15, 0.2) is 34.1 Å². The second kappa shape index (κ2) is 5.46. The van der Waals surface area contributed by atoms with Gasteiger partial charge < -0.3 is 9.73 Å². The van der Waals surface area contributed by atoms with Crippen molar-refractivity contribution >= 4 is 39.7 Å². The lowest BCUT2D eigenvalue weighted by atomic mass is 10.1. The summed E-state index contributed by atoms with van der Waals surface area (Å²) in [5.74, 6) is 0.773. The van der Waals surface area contributed by atoms with Crippen LogP contribution in [0.5, 0.6) is 0 Å². The molecular weight excluding hydrogens is 292 g/mol. The fourth-order valence-electron chi connectivity index (χ4n) is 2.10. The Morgan fingerprint density at radius 1 is 1.40 bits per heavy atom. The van der Waals surface area contributed by atoms with Crippen LogP contribution in [-0.2, 0) is 6.42 Å². The third-order valence-electron chi connectivity index (χ3n) is 3.21. The topological polar surface area (TPSA) is 38.1 Å². The molecule has 1 N–H and O–H groups in total. The monoisotopic (exact) mass is 306 g/mol. The number of fused-ring (bicyclic) bond motifs is 1. The first-order chi connectivity index (χ1) is 9.65. The Balaban J connectivity index is 1.83. The Labute approximate surface area is 126 Å². The molecule has 0 aliphatic carbocycles. The second-order valence-corrected chi connectivity index (χ2v) is 6.24. The summed E-state index contributed by atoms with van der Waals surface area (Å²) in [6.45, 7) is 4.15. The molecule has 0 saturated carbocycles. The third kappa shape index (κ3) is 2.67. The molecule has 0 amide bonds. The summed E-state index contributed by atoms with van der Waals surface area (Å²) in [5.41, 5.74) is 3.94. The number of nitrogens with zero attached hydrogens (tertiary/aromatic N) is 1. The van der Waals surface area contributed by atoms with Crippen molar-refractivity contribution in [3.05, 3.63) is 45.4 Å². The molecule has 0 aliphatic rings. The molecule has 1 aromatic carbocycles. The van der Waals surface area contributed by atoms with E-state index in [2.05, 4.69) is 22.6 Å². The number of nitrogens with one attached hydrogen (secondary N) is 1. The average molecular weight is 307 g/mol. The summed E-state index contributed by atoms with van der Waals surface area (Å²) in [4.78, 5) is 4.45. The van der Waals surface area contributed by atoms with E-state index in [1.807, 2.05) is 31.2 Å². The second-order valence-electron chi connectivity index (χ2n) is 4.69. The van der Waals surface area contributed by atoms with Gasteiger partial charge in [-0.15, -0.1) is 11.3 Å². The number of aryl methyl sites for hydroxylation is 1. The van der Waals surface area contributed by atoms with E-state index in [1.54, 1.807) is 11.3 Å². The third-order valence-corrected chi connectivity index (χ3v) is 4.31. The number of anilines is 1. The van der Waals surface area contributed by atoms with E-state index in [4.69, 9.17) is 16.0 Å². The van der Waals surface area contributed by atoms with Crippen molar-refractivity contribution in [2.45, 2.75) is 26.3 Å². The van der Waals surface area contributed by atoms with Crippen molar-refractivity contribution in [2.24, 2.45) is 0 Å². The van der Waals surface area contributed by atoms with Gasteiger partial charge in [-0.05, 0) is 42.1 Å². The largest absolute Gasteiger partial charge is 0.441 e. The van der Waals surface area contributed by atoms with Crippen molar-refractivity contribution in [3.8, 4) is 0 Å². The molecule has 2 heterocycles.